The van der Waals surface area contributed by atoms with Crippen LogP contribution in [-0.2, 0) is 14.3 Å². The standard InChI is InChI=1S/C24H46O4/c1-3-4-5-13-16-21-28-24(27)18-15-12-10-8-6-7-9-11-14-17-22(2)19-20-23(25)26/h22H,3-21H2,1-2H3,(H,25,26). The molecule has 0 radical (unpaired) electrons. The van der Waals surface area contributed by atoms with Gasteiger partial charge in [0.25, 0.3) is 0 Å². The van der Waals surface area contributed by atoms with Crippen LogP contribution in [0.3, 0.4) is 0 Å². The number of carboxylic acids is 1. The Morgan fingerprint density at radius 3 is 1.86 bits per heavy atom. The van der Waals surface area contributed by atoms with Gasteiger partial charge < -0.3 is 9.84 Å². The van der Waals surface area contributed by atoms with Crippen molar-refractivity contribution in [3.05, 3.63) is 0 Å². The van der Waals surface area contributed by atoms with Crippen molar-refractivity contribution in [3.8, 4) is 0 Å². The normalized spacial score (nSPS) is 12.1. The maximum Gasteiger partial charge on any atom is 0.305 e. The maximum absolute atomic E-state index is 11.6. The molecule has 0 aliphatic heterocycles. The van der Waals surface area contributed by atoms with Crippen molar-refractivity contribution in [2.24, 2.45) is 5.92 Å². The van der Waals surface area contributed by atoms with Crippen LogP contribution in [0.1, 0.15) is 129 Å². The summed E-state index contributed by atoms with van der Waals surface area (Å²) in [6.45, 7) is 4.96. The molecule has 4 nitrogen and oxygen atoms in total. The van der Waals surface area contributed by atoms with Gasteiger partial charge >= 0.3 is 11.9 Å². The van der Waals surface area contributed by atoms with Crippen molar-refractivity contribution in [2.75, 3.05) is 6.61 Å². The molecule has 0 heterocycles. The molecule has 1 atom stereocenters. The first kappa shape index (κ1) is 26.9. The molecule has 0 rings (SSSR count). The summed E-state index contributed by atoms with van der Waals surface area (Å²) in [4.78, 5) is 22.2. The molecule has 0 aromatic carbocycles. The summed E-state index contributed by atoms with van der Waals surface area (Å²) in [5, 5.41) is 8.68. The molecule has 4 heteroatoms. The van der Waals surface area contributed by atoms with Crippen LogP contribution in [0, 0.1) is 5.92 Å². The number of carbonyl (C=O) groups is 2. The fourth-order valence-electron chi connectivity index (χ4n) is 3.48. The maximum atomic E-state index is 11.6. The minimum atomic E-state index is -0.679. The molecule has 1 unspecified atom stereocenters. The summed E-state index contributed by atoms with van der Waals surface area (Å²) in [5.41, 5.74) is 0. The van der Waals surface area contributed by atoms with E-state index in [0.717, 1.165) is 32.1 Å². The van der Waals surface area contributed by atoms with Gasteiger partial charge in [-0.15, -0.1) is 0 Å². The van der Waals surface area contributed by atoms with E-state index in [1.807, 2.05) is 0 Å². The minimum absolute atomic E-state index is 0.0203. The Morgan fingerprint density at radius 2 is 1.25 bits per heavy atom. The molecule has 0 saturated heterocycles. The first-order valence-electron chi connectivity index (χ1n) is 11.9. The molecule has 0 aromatic rings. The Labute approximate surface area is 173 Å². The minimum Gasteiger partial charge on any atom is -0.481 e. The molecular formula is C24H46O4. The van der Waals surface area contributed by atoms with E-state index in [1.165, 1.54) is 70.6 Å². The lowest BCUT2D eigenvalue weighted by Gasteiger charge is -2.09. The van der Waals surface area contributed by atoms with Crippen molar-refractivity contribution in [1.29, 1.82) is 0 Å². The van der Waals surface area contributed by atoms with Gasteiger partial charge in [-0.3, -0.25) is 9.59 Å². The zero-order chi connectivity index (χ0) is 20.9. The monoisotopic (exact) mass is 398 g/mol. The van der Waals surface area contributed by atoms with E-state index in [1.54, 1.807) is 0 Å². The highest BCUT2D eigenvalue weighted by Gasteiger charge is 2.05. The summed E-state index contributed by atoms with van der Waals surface area (Å²) >= 11 is 0. The summed E-state index contributed by atoms with van der Waals surface area (Å²) in [7, 11) is 0. The smallest absolute Gasteiger partial charge is 0.305 e. The van der Waals surface area contributed by atoms with E-state index >= 15 is 0 Å². The Balaban J connectivity index is 3.22. The second kappa shape index (κ2) is 20.7. The van der Waals surface area contributed by atoms with Crippen molar-refractivity contribution in [2.45, 2.75) is 129 Å². The molecule has 0 aliphatic carbocycles. The first-order chi connectivity index (χ1) is 13.6. The van der Waals surface area contributed by atoms with Gasteiger partial charge in [0.15, 0.2) is 0 Å². The highest BCUT2D eigenvalue weighted by molar-refractivity contribution is 5.69. The van der Waals surface area contributed by atoms with Crippen LogP contribution in [0.15, 0.2) is 0 Å². The Bertz CT molecular complexity index is 368. The van der Waals surface area contributed by atoms with Gasteiger partial charge in [-0.25, -0.2) is 0 Å². The van der Waals surface area contributed by atoms with Crippen LogP contribution >= 0.6 is 0 Å². The van der Waals surface area contributed by atoms with E-state index in [0.29, 0.717) is 25.4 Å². The lowest BCUT2D eigenvalue weighted by Crippen LogP contribution is -2.05. The van der Waals surface area contributed by atoms with Crippen molar-refractivity contribution in [1.82, 2.24) is 0 Å². The third-order valence-corrected chi connectivity index (χ3v) is 5.44. The van der Waals surface area contributed by atoms with Crippen LogP contribution in [0.5, 0.6) is 0 Å². The van der Waals surface area contributed by atoms with Gasteiger partial charge in [0.2, 0.25) is 0 Å². The molecule has 0 spiro atoms. The van der Waals surface area contributed by atoms with Gasteiger partial charge in [0, 0.05) is 12.8 Å². The van der Waals surface area contributed by atoms with Gasteiger partial charge in [0.05, 0.1) is 6.61 Å². The van der Waals surface area contributed by atoms with Crippen LogP contribution in [0.2, 0.25) is 0 Å². The Hall–Kier alpha value is -1.06. The molecular weight excluding hydrogens is 352 g/mol. The van der Waals surface area contributed by atoms with E-state index in [9.17, 15) is 9.59 Å². The van der Waals surface area contributed by atoms with Crippen molar-refractivity contribution >= 4 is 11.9 Å². The van der Waals surface area contributed by atoms with Crippen LogP contribution in [0.25, 0.3) is 0 Å². The molecule has 0 fully saturated rings. The largest absolute Gasteiger partial charge is 0.481 e. The van der Waals surface area contributed by atoms with Crippen molar-refractivity contribution in [3.63, 3.8) is 0 Å². The van der Waals surface area contributed by atoms with E-state index < -0.39 is 5.97 Å². The van der Waals surface area contributed by atoms with Crippen LogP contribution in [0.4, 0.5) is 0 Å². The quantitative estimate of drug-likeness (QED) is 0.163. The third-order valence-electron chi connectivity index (χ3n) is 5.44. The van der Waals surface area contributed by atoms with E-state index in [2.05, 4.69) is 13.8 Å². The molecule has 0 aromatic heterocycles. The third kappa shape index (κ3) is 21.2. The molecule has 1 N–H and O–H groups in total. The van der Waals surface area contributed by atoms with E-state index in [4.69, 9.17) is 9.84 Å². The van der Waals surface area contributed by atoms with Gasteiger partial charge in [-0.1, -0.05) is 97.3 Å². The fourth-order valence-corrected chi connectivity index (χ4v) is 3.48. The highest BCUT2D eigenvalue weighted by Crippen LogP contribution is 2.17. The highest BCUT2D eigenvalue weighted by atomic mass is 16.5. The van der Waals surface area contributed by atoms with Crippen molar-refractivity contribution < 1.29 is 19.4 Å². The number of carbonyl (C=O) groups excluding carboxylic acids is 1. The summed E-state index contributed by atoms with van der Waals surface area (Å²) in [5.74, 6) is -0.168. The zero-order valence-corrected chi connectivity index (χ0v) is 18.7. The molecule has 166 valence electrons. The van der Waals surface area contributed by atoms with Gasteiger partial charge in [-0.05, 0) is 25.2 Å². The number of hydrogen-bond acceptors (Lipinski definition) is 3. The zero-order valence-electron chi connectivity index (χ0n) is 18.7. The van der Waals surface area contributed by atoms with Crippen LogP contribution in [-0.4, -0.2) is 23.7 Å². The fraction of sp³-hybridized carbons (Fsp3) is 0.917. The molecule has 0 amide bonds. The number of carboxylic acid groups (broad SMARTS) is 1. The number of ether oxygens (including phenoxy) is 1. The summed E-state index contributed by atoms with van der Waals surface area (Å²) < 4.78 is 5.28. The SMILES string of the molecule is CCCCCCCOC(=O)CCCCCCCCCCCC(C)CCC(=O)O. The summed E-state index contributed by atoms with van der Waals surface area (Å²) in [6, 6.07) is 0. The summed E-state index contributed by atoms with van der Waals surface area (Å²) in [6.07, 6.45) is 19.7. The van der Waals surface area contributed by atoms with Gasteiger partial charge in [0.1, 0.15) is 0 Å². The average Bonchev–Trinajstić information content (AvgIpc) is 2.67. The predicted molar refractivity (Wildman–Crippen MR) is 117 cm³/mol. The molecule has 0 saturated carbocycles. The topological polar surface area (TPSA) is 63.6 Å². The van der Waals surface area contributed by atoms with Gasteiger partial charge in [-0.2, -0.15) is 0 Å². The molecule has 0 aliphatic rings. The lowest BCUT2D eigenvalue weighted by molar-refractivity contribution is -0.144. The predicted octanol–water partition coefficient (Wildman–Crippen LogP) is 7.29. The number of hydrogen-bond donors (Lipinski definition) is 1. The molecule has 28 heavy (non-hydrogen) atoms. The number of rotatable bonds is 21. The van der Waals surface area contributed by atoms with Crippen LogP contribution < -0.4 is 0 Å². The Kier molecular flexibility index (Phi) is 19.9. The second-order valence-corrected chi connectivity index (χ2v) is 8.39. The second-order valence-electron chi connectivity index (χ2n) is 8.39. The number of esters is 1. The Morgan fingerprint density at radius 1 is 0.714 bits per heavy atom. The lowest BCUT2D eigenvalue weighted by atomic mass is 9.97. The molecule has 0 bridgehead atoms. The average molecular weight is 399 g/mol. The number of unbranched alkanes of at least 4 members (excludes halogenated alkanes) is 12. The first-order valence-corrected chi connectivity index (χ1v) is 11.9. The van der Waals surface area contributed by atoms with E-state index in [-0.39, 0.29) is 5.97 Å². The number of aliphatic carboxylic acids is 1.